The summed E-state index contributed by atoms with van der Waals surface area (Å²) in [4.78, 5) is 33.4. The molecule has 2 aromatic carbocycles. The van der Waals surface area contributed by atoms with Crippen LogP contribution in [0.2, 0.25) is 0 Å². The number of nitro benzene ring substituents is 1. The van der Waals surface area contributed by atoms with Gasteiger partial charge in [0.2, 0.25) is 0 Å². The highest BCUT2D eigenvalue weighted by Gasteiger charge is 2.32. The number of aromatic amines is 1. The molecule has 9 nitrogen and oxygen atoms in total. The highest BCUT2D eigenvalue weighted by atomic mass is 19.3. The molecule has 1 N–H and O–H groups in total. The fourth-order valence-electron chi connectivity index (χ4n) is 3.94. The quantitative estimate of drug-likeness (QED) is 0.451. The number of nitrogens with one attached hydrogen (secondary N) is 1. The minimum Gasteiger partial charge on any atom is -0.493 e. The number of carbonyl (C=O) groups is 1. The van der Waals surface area contributed by atoms with E-state index in [1.165, 1.54) is 12.0 Å². The number of amides is 1. The number of piperidine rings is 1. The van der Waals surface area contributed by atoms with Crippen molar-refractivity contribution in [1.82, 2.24) is 14.9 Å². The molecule has 0 spiro atoms. The number of para-hydroxylation sites is 2. The monoisotopic (exact) mass is 446 g/mol. The summed E-state index contributed by atoms with van der Waals surface area (Å²) in [5.74, 6) is -0.604. The first-order valence-electron chi connectivity index (χ1n) is 9.92. The number of nitrogens with zero attached hydrogens (tertiary/aromatic N) is 3. The number of halogens is 2. The van der Waals surface area contributed by atoms with Crippen LogP contribution in [-0.2, 0) is 0 Å². The third-order valence-electron chi connectivity index (χ3n) is 5.43. The van der Waals surface area contributed by atoms with Crippen molar-refractivity contribution in [3.8, 4) is 11.5 Å². The Balaban J connectivity index is 1.63. The Labute approximate surface area is 181 Å². The Bertz CT molecular complexity index is 1130. The smallest absolute Gasteiger partial charge is 0.387 e. The van der Waals surface area contributed by atoms with Crippen LogP contribution in [0.4, 0.5) is 14.5 Å². The normalized spacial score (nSPS) is 16.4. The molecule has 11 heteroatoms. The lowest BCUT2D eigenvalue weighted by Gasteiger charge is -2.32. The van der Waals surface area contributed by atoms with Crippen molar-refractivity contribution in [2.24, 2.45) is 0 Å². The molecule has 3 aromatic rings. The highest BCUT2D eigenvalue weighted by Crippen LogP contribution is 2.37. The number of H-pyrrole nitrogens is 1. The number of methoxy groups -OCH3 is 1. The van der Waals surface area contributed by atoms with E-state index in [1.807, 2.05) is 24.3 Å². The molecule has 0 saturated carbocycles. The lowest BCUT2D eigenvalue weighted by atomic mass is 9.96. The summed E-state index contributed by atoms with van der Waals surface area (Å²) >= 11 is 0. The third-order valence-corrected chi connectivity index (χ3v) is 5.43. The second-order valence-corrected chi connectivity index (χ2v) is 7.39. The maximum absolute atomic E-state index is 13.2. The second-order valence-electron chi connectivity index (χ2n) is 7.39. The van der Waals surface area contributed by atoms with E-state index >= 15 is 0 Å². The van der Waals surface area contributed by atoms with E-state index < -0.39 is 28.9 Å². The number of ether oxygens (including phenoxy) is 2. The molecule has 168 valence electrons. The van der Waals surface area contributed by atoms with Crippen LogP contribution in [0.25, 0.3) is 11.0 Å². The number of fused-ring (bicyclic) bond motifs is 1. The minimum absolute atomic E-state index is 0.0671. The van der Waals surface area contributed by atoms with E-state index in [2.05, 4.69) is 14.7 Å². The second kappa shape index (κ2) is 8.77. The summed E-state index contributed by atoms with van der Waals surface area (Å²) in [5, 5.41) is 11.6. The van der Waals surface area contributed by atoms with Crippen molar-refractivity contribution in [2.45, 2.75) is 25.4 Å². The Morgan fingerprint density at radius 2 is 2.09 bits per heavy atom. The molecular weight excluding hydrogens is 426 g/mol. The molecule has 1 amide bonds. The number of aromatic nitrogens is 2. The molecule has 0 aliphatic carbocycles. The van der Waals surface area contributed by atoms with Gasteiger partial charge >= 0.3 is 6.61 Å². The topological polar surface area (TPSA) is 111 Å². The van der Waals surface area contributed by atoms with E-state index in [9.17, 15) is 23.7 Å². The maximum Gasteiger partial charge on any atom is 0.387 e. The molecule has 1 aliphatic heterocycles. The summed E-state index contributed by atoms with van der Waals surface area (Å²) < 4.78 is 34.7. The van der Waals surface area contributed by atoms with Gasteiger partial charge in [-0.3, -0.25) is 14.9 Å². The van der Waals surface area contributed by atoms with E-state index in [0.29, 0.717) is 19.5 Å². The fourth-order valence-corrected chi connectivity index (χ4v) is 3.94. The summed E-state index contributed by atoms with van der Waals surface area (Å²) in [5.41, 5.74) is 0.831. The van der Waals surface area contributed by atoms with Crippen LogP contribution in [0.15, 0.2) is 36.4 Å². The predicted molar refractivity (Wildman–Crippen MR) is 110 cm³/mol. The van der Waals surface area contributed by atoms with Gasteiger partial charge in [-0.1, -0.05) is 12.1 Å². The minimum atomic E-state index is -3.20. The molecule has 4 rings (SSSR count). The first kappa shape index (κ1) is 21.5. The number of imidazole rings is 1. The number of hydrogen-bond donors (Lipinski definition) is 1. The molecule has 1 unspecified atom stereocenters. The van der Waals surface area contributed by atoms with Gasteiger partial charge in [0, 0.05) is 25.1 Å². The summed E-state index contributed by atoms with van der Waals surface area (Å²) in [6, 6.07) is 9.45. The van der Waals surface area contributed by atoms with E-state index in [4.69, 9.17) is 4.74 Å². The van der Waals surface area contributed by atoms with E-state index in [0.717, 1.165) is 35.4 Å². The van der Waals surface area contributed by atoms with E-state index in [1.54, 1.807) is 0 Å². The van der Waals surface area contributed by atoms with Gasteiger partial charge in [0.1, 0.15) is 11.4 Å². The predicted octanol–water partition coefficient (Wildman–Crippen LogP) is 4.10. The summed E-state index contributed by atoms with van der Waals surface area (Å²) in [7, 11) is 1.20. The number of rotatable bonds is 6. The third kappa shape index (κ3) is 4.18. The van der Waals surface area contributed by atoms with Gasteiger partial charge in [-0.25, -0.2) is 4.98 Å². The van der Waals surface area contributed by atoms with Gasteiger partial charge < -0.3 is 19.4 Å². The first-order valence-corrected chi connectivity index (χ1v) is 9.92. The molecule has 1 fully saturated rings. The van der Waals surface area contributed by atoms with Crippen LogP contribution in [0.1, 0.15) is 34.9 Å². The van der Waals surface area contributed by atoms with Gasteiger partial charge in [-0.05, 0) is 25.0 Å². The van der Waals surface area contributed by atoms with E-state index in [-0.39, 0.29) is 17.2 Å². The zero-order valence-corrected chi connectivity index (χ0v) is 17.1. The van der Waals surface area contributed by atoms with Gasteiger partial charge in [-0.2, -0.15) is 8.78 Å². The maximum atomic E-state index is 13.2. The molecule has 0 radical (unpaired) electrons. The van der Waals surface area contributed by atoms with Crippen LogP contribution in [0, 0.1) is 10.1 Å². The number of benzene rings is 2. The molecule has 32 heavy (non-hydrogen) atoms. The van der Waals surface area contributed by atoms with Crippen molar-refractivity contribution < 1.29 is 28.0 Å². The number of alkyl halides is 2. The van der Waals surface area contributed by atoms with Crippen LogP contribution in [0.5, 0.6) is 11.5 Å². The van der Waals surface area contributed by atoms with Crippen molar-refractivity contribution >= 4 is 22.6 Å². The fraction of sp³-hybridized carbons (Fsp3) is 0.333. The molecule has 2 heterocycles. The lowest BCUT2D eigenvalue weighted by Crippen LogP contribution is -2.39. The molecule has 1 atom stereocenters. The molecular formula is C21H20F2N4O5. The number of nitro groups is 1. The average molecular weight is 446 g/mol. The zero-order valence-electron chi connectivity index (χ0n) is 17.1. The van der Waals surface area contributed by atoms with Crippen molar-refractivity contribution in [1.29, 1.82) is 0 Å². The number of hydrogen-bond acceptors (Lipinski definition) is 6. The first-order chi connectivity index (χ1) is 15.4. The zero-order chi connectivity index (χ0) is 22.8. The van der Waals surface area contributed by atoms with Crippen LogP contribution < -0.4 is 9.47 Å². The molecule has 1 aliphatic rings. The standard InChI is InChI=1S/C21H20F2N4O5/c1-31-17-9-13(16(27(29)30)10-18(17)32-21(22)23)20(28)26-8-4-5-12(11-26)19-24-14-6-2-3-7-15(14)25-19/h2-3,6-7,9-10,12,21H,4-5,8,11H2,1H3,(H,24,25). The van der Waals surface area contributed by atoms with Crippen LogP contribution >= 0.6 is 0 Å². The average Bonchev–Trinajstić information content (AvgIpc) is 3.22. The van der Waals surface area contributed by atoms with Crippen LogP contribution in [0.3, 0.4) is 0 Å². The Hall–Kier alpha value is -3.76. The van der Waals surface area contributed by atoms with Crippen molar-refractivity contribution in [3.05, 3.63) is 57.9 Å². The Morgan fingerprint density at radius 1 is 1.31 bits per heavy atom. The summed E-state index contributed by atoms with van der Waals surface area (Å²) in [6.45, 7) is -2.48. The van der Waals surface area contributed by atoms with Crippen molar-refractivity contribution in [2.75, 3.05) is 20.2 Å². The van der Waals surface area contributed by atoms with Crippen molar-refractivity contribution in [3.63, 3.8) is 0 Å². The Morgan fingerprint density at radius 3 is 2.78 bits per heavy atom. The SMILES string of the molecule is COc1cc(C(=O)N2CCCC(c3nc4ccccc4[nH]3)C2)c([N+](=O)[O-])cc1OC(F)F. The Kier molecular flexibility index (Phi) is 5.89. The largest absolute Gasteiger partial charge is 0.493 e. The van der Waals surface area contributed by atoms with Gasteiger partial charge in [0.05, 0.1) is 29.1 Å². The molecule has 1 aromatic heterocycles. The highest BCUT2D eigenvalue weighted by molar-refractivity contribution is 5.99. The molecule has 0 bridgehead atoms. The number of carbonyl (C=O) groups excluding carboxylic acids is 1. The summed E-state index contributed by atoms with van der Waals surface area (Å²) in [6.07, 6.45) is 1.49. The number of likely N-dealkylation sites (tertiary alicyclic amines) is 1. The van der Waals surface area contributed by atoms with Gasteiger partial charge in [0.15, 0.2) is 11.5 Å². The molecule has 1 saturated heterocycles. The van der Waals surface area contributed by atoms with Crippen LogP contribution in [-0.4, -0.2) is 52.5 Å². The van der Waals surface area contributed by atoms with Gasteiger partial charge in [-0.15, -0.1) is 0 Å². The van der Waals surface area contributed by atoms with Gasteiger partial charge in [0.25, 0.3) is 11.6 Å². The lowest BCUT2D eigenvalue weighted by molar-refractivity contribution is -0.385.